The molecule has 1 heterocycles. The van der Waals surface area contributed by atoms with Crippen LogP contribution >= 0.6 is 0 Å². The van der Waals surface area contributed by atoms with Gasteiger partial charge in [-0.2, -0.15) is 0 Å². The summed E-state index contributed by atoms with van der Waals surface area (Å²) in [4.78, 5) is 0. The maximum atomic E-state index is 2.31. The molecule has 1 aromatic rings. The van der Waals surface area contributed by atoms with Crippen molar-refractivity contribution in [1.29, 1.82) is 0 Å². The zero-order valence-corrected chi connectivity index (χ0v) is 8.75. The van der Waals surface area contributed by atoms with Gasteiger partial charge in [0, 0.05) is 0 Å². The van der Waals surface area contributed by atoms with Gasteiger partial charge in [0.15, 0.2) is 0 Å². The molecule has 1 aromatic carbocycles. The number of allylic oxidation sites excluding steroid dienone is 1. The van der Waals surface area contributed by atoms with E-state index >= 15 is 0 Å². The number of rotatable bonds is 0. The molecule has 1 aliphatic heterocycles. The third-order valence-corrected chi connectivity index (χ3v) is 5.60. The molecule has 0 saturated heterocycles. The fourth-order valence-corrected chi connectivity index (χ4v) is 4.37. The summed E-state index contributed by atoms with van der Waals surface area (Å²) in [6.45, 7) is 0. The van der Waals surface area contributed by atoms with Crippen molar-refractivity contribution in [3.05, 3.63) is 35.9 Å². The van der Waals surface area contributed by atoms with Gasteiger partial charge in [-0.05, 0) is 0 Å². The second-order valence-corrected chi connectivity index (χ2v) is 6.38. The third kappa shape index (κ3) is 1.16. The molecule has 0 aliphatic carbocycles. The molecule has 0 nitrogen and oxygen atoms in total. The van der Waals surface area contributed by atoms with E-state index in [0.717, 1.165) is 0 Å². The van der Waals surface area contributed by atoms with Gasteiger partial charge in [-0.25, -0.2) is 0 Å². The standard InChI is InChI=1S/C9H8.Po/c1-2-6-9-7-4-3-5-8-9;/h2-7H,1H2;. The summed E-state index contributed by atoms with van der Waals surface area (Å²) in [6.07, 6.45) is 4.56. The van der Waals surface area contributed by atoms with Gasteiger partial charge < -0.3 is 0 Å². The van der Waals surface area contributed by atoms with Gasteiger partial charge in [-0.15, -0.1) is 0 Å². The second kappa shape index (κ2) is 2.85. The number of fused-ring (bicyclic) bond motifs is 1. The number of hydrogen-bond donors (Lipinski definition) is 0. The van der Waals surface area contributed by atoms with Crippen LogP contribution in [0.3, 0.4) is 0 Å². The molecule has 0 amide bonds. The van der Waals surface area contributed by atoms with E-state index in [-0.39, 0.29) is 23.6 Å². The van der Waals surface area contributed by atoms with Crippen LogP contribution in [0.1, 0.15) is 5.56 Å². The van der Waals surface area contributed by atoms with Crippen molar-refractivity contribution in [2.45, 2.75) is 4.08 Å². The van der Waals surface area contributed by atoms with Crippen molar-refractivity contribution in [2.24, 2.45) is 0 Å². The van der Waals surface area contributed by atoms with Crippen LogP contribution in [0.5, 0.6) is 0 Å². The van der Waals surface area contributed by atoms with Gasteiger partial charge in [0.2, 0.25) is 0 Å². The van der Waals surface area contributed by atoms with Crippen molar-refractivity contribution in [1.82, 2.24) is 0 Å². The van der Waals surface area contributed by atoms with Crippen LogP contribution in [-0.2, 0) is 0 Å². The Bertz CT molecular complexity index is 263. The van der Waals surface area contributed by atoms with Gasteiger partial charge in [0.05, 0.1) is 0 Å². The molecule has 2 rings (SSSR count). The monoisotopic (exact) mass is 325 g/mol. The molecule has 1 heteroatoms. The van der Waals surface area contributed by atoms with Crippen molar-refractivity contribution < 1.29 is 0 Å². The predicted octanol–water partition coefficient (Wildman–Crippen LogP) is 1.46. The average molecular weight is 325 g/mol. The van der Waals surface area contributed by atoms with Gasteiger partial charge in [0.1, 0.15) is 0 Å². The summed E-state index contributed by atoms with van der Waals surface area (Å²) in [7, 11) is 0. The zero-order chi connectivity index (χ0) is 6.81. The summed E-state index contributed by atoms with van der Waals surface area (Å²) in [5.41, 5.74) is 1.47. The Morgan fingerprint density at radius 3 is 3.00 bits per heavy atom. The van der Waals surface area contributed by atoms with Crippen molar-refractivity contribution in [3.8, 4) is 0 Å². The minimum atomic E-state index is -0.159. The van der Waals surface area contributed by atoms with Crippen LogP contribution in [-0.4, -0.2) is 23.6 Å². The van der Waals surface area contributed by atoms with Crippen molar-refractivity contribution in [2.75, 3.05) is 0 Å². The molecule has 0 N–H and O–H groups in total. The van der Waals surface area contributed by atoms with E-state index in [9.17, 15) is 0 Å². The molecule has 10 heavy (non-hydrogen) atoms. The fourth-order valence-electron chi connectivity index (χ4n) is 1.06. The van der Waals surface area contributed by atoms with Crippen molar-refractivity contribution in [3.63, 3.8) is 0 Å². The molecule has 0 radical (unpaired) electrons. The Kier molecular flexibility index (Phi) is 1.87. The van der Waals surface area contributed by atoms with E-state index in [1.54, 1.807) is 3.22 Å². The van der Waals surface area contributed by atoms with E-state index in [0.29, 0.717) is 0 Å². The van der Waals surface area contributed by atoms with Crippen LogP contribution < -0.4 is 3.22 Å². The molecular formula is C9H8Po. The van der Waals surface area contributed by atoms with Crippen LogP contribution in [0.15, 0.2) is 30.3 Å². The van der Waals surface area contributed by atoms with Crippen LogP contribution in [0.4, 0.5) is 0 Å². The summed E-state index contributed by atoms with van der Waals surface area (Å²) in [6, 6.07) is 8.76. The molecule has 0 bridgehead atoms. The minimum absolute atomic E-state index is 0.159. The summed E-state index contributed by atoms with van der Waals surface area (Å²) in [5, 5.41) is 0. The zero-order valence-electron chi connectivity index (χ0n) is 5.58. The first kappa shape index (κ1) is 6.56. The van der Waals surface area contributed by atoms with Crippen molar-refractivity contribution >= 4 is 32.9 Å². The average Bonchev–Trinajstić information content (AvgIpc) is 2.05. The van der Waals surface area contributed by atoms with Gasteiger partial charge in [0.25, 0.3) is 0 Å². The molecule has 0 fully saturated rings. The maximum absolute atomic E-state index is 2.31. The normalized spacial score (nSPS) is 14.8. The van der Waals surface area contributed by atoms with Crippen LogP contribution in [0.2, 0.25) is 4.08 Å². The van der Waals surface area contributed by atoms with E-state index in [1.165, 1.54) is 9.64 Å². The van der Waals surface area contributed by atoms with Gasteiger partial charge in [-0.3, -0.25) is 0 Å². The molecule has 1 aliphatic rings. The molecule has 0 atom stereocenters. The fraction of sp³-hybridized carbons (Fsp3) is 0.111. The molecule has 0 spiro atoms. The second-order valence-electron chi connectivity index (χ2n) is 2.25. The first-order chi connectivity index (χ1) is 4.97. The first-order valence-corrected chi connectivity index (χ1v) is 7.18. The van der Waals surface area contributed by atoms with Crippen LogP contribution in [0, 0.1) is 0 Å². The topological polar surface area (TPSA) is 0 Å². The molecule has 0 aromatic heterocycles. The first-order valence-electron chi connectivity index (χ1n) is 3.35. The number of benzene rings is 1. The van der Waals surface area contributed by atoms with Gasteiger partial charge in [-0.1, -0.05) is 0 Å². The Labute approximate surface area is 72.7 Å². The Hall–Kier alpha value is -0.144. The van der Waals surface area contributed by atoms with E-state index in [4.69, 9.17) is 0 Å². The Balaban J connectivity index is 2.54. The SMILES string of the molecule is C1=Cc2cccc[c]2[Po][CH2]1. The van der Waals surface area contributed by atoms with E-state index in [1.807, 2.05) is 0 Å². The molecular weight excluding hydrogens is 317 g/mol. The third-order valence-electron chi connectivity index (χ3n) is 1.55. The Morgan fingerprint density at radius 2 is 2.10 bits per heavy atom. The quantitative estimate of drug-likeness (QED) is 0.678. The molecule has 0 unspecified atom stereocenters. The predicted molar refractivity (Wildman–Crippen MR) is 45.7 cm³/mol. The van der Waals surface area contributed by atoms with Crippen LogP contribution in [0.25, 0.3) is 6.08 Å². The van der Waals surface area contributed by atoms with Gasteiger partial charge >= 0.3 is 72.8 Å². The molecule has 0 saturated carbocycles. The Morgan fingerprint density at radius 1 is 1.20 bits per heavy atom. The van der Waals surface area contributed by atoms with E-state index in [2.05, 4.69) is 36.4 Å². The summed E-state index contributed by atoms with van der Waals surface area (Å²) in [5.74, 6) is 0. The summed E-state index contributed by atoms with van der Waals surface area (Å²) < 4.78 is 3.03. The van der Waals surface area contributed by atoms with E-state index < -0.39 is 0 Å². The summed E-state index contributed by atoms with van der Waals surface area (Å²) >= 11 is -0.159. The number of hydrogen-bond acceptors (Lipinski definition) is 0. The molecule has 50 valence electrons.